The summed E-state index contributed by atoms with van der Waals surface area (Å²) in [5.74, 6) is -0.916. The van der Waals surface area contributed by atoms with Crippen molar-refractivity contribution >= 4 is 5.97 Å². The van der Waals surface area contributed by atoms with Gasteiger partial charge in [0.05, 0.1) is 0 Å². The third kappa shape index (κ3) is 3.51. The average molecular weight is 280 g/mol. The van der Waals surface area contributed by atoms with E-state index in [9.17, 15) is 15.0 Å². The summed E-state index contributed by atoms with van der Waals surface area (Å²) in [7, 11) is 0. The predicted molar refractivity (Wildman–Crippen MR) is 81.6 cm³/mol. The van der Waals surface area contributed by atoms with E-state index < -0.39 is 17.0 Å². The van der Waals surface area contributed by atoms with Crippen LogP contribution in [0.1, 0.15) is 65.2 Å². The van der Waals surface area contributed by atoms with Gasteiger partial charge >= 0.3 is 5.97 Å². The molecule has 0 aromatic carbocycles. The monoisotopic (exact) mass is 280 g/mol. The SMILES string of the molecule is C/C=C/[C@]1(O)CCC[C@]1(/C=C/CCCCCC)C(=O)O. The van der Waals surface area contributed by atoms with Crippen LogP contribution in [0.3, 0.4) is 0 Å². The lowest BCUT2D eigenvalue weighted by Gasteiger charge is -2.34. The van der Waals surface area contributed by atoms with Crippen molar-refractivity contribution in [3.63, 3.8) is 0 Å². The second-order valence-electron chi connectivity index (χ2n) is 5.81. The topological polar surface area (TPSA) is 57.5 Å². The summed E-state index contributed by atoms with van der Waals surface area (Å²) in [5.41, 5.74) is -2.39. The number of carboxylic acids is 1. The molecule has 0 aromatic heterocycles. The molecule has 114 valence electrons. The standard InChI is InChI=1S/C17H28O3/c1-3-5-6-7-8-9-12-16(15(18)19)13-10-14-17(16,20)11-4-2/h4,9,11-12,20H,3,5-8,10,13-14H2,1-2H3,(H,18,19)/b11-4+,12-9+/t16-,17+/m1/s1. The molecule has 0 aliphatic heterocycles. The Labute approximate surface area is 122 Å². The Hall–Kier alpha value is -1.09. The molecule has 0 spiro atoms. The van der Waals surface area contributed by atoms with Gasteiger partial charge in [-0.25, -0.2) is 0 Å². The van der Waals surface area contributed by atoms with Crippen LogP contribution in [-0.4, -0.2) is 21.8 Å². The zero-order valence-corrected chi connectivity index (χ0v) is 12.8. The van der Waals surface area contributed by atoms with Crippen molar-refractivity contribution in [1.82, 2.24) is 0 Å². The molecular weight excluding hydrogens is 252 g/mol. The Kier molecular flexibility index (Phi) is 6.47. The van der Waals surface area contributed by atoms with Gasteiger partial charge in [-0.05, 0) is 39.0 Å². The van der Waals surface area contributed by atoms with E-state index in [4.69, 9.17) is 0 Å². The third-order valence-corrected chi connectivity index (χ3v) is 4.35. The maximum Gasteiger partial charge on any atom is 0.316 e. The van der Waals surface area contributed by atoms with Crippen molar-refractivity contribution in [2.24, 2.45) is 5.41 Å². The van der Waals surface area contributed by atoms with E-state index in [1.54, 1.807) is 18.2 Å². The first-order valence-electron chi connectivity index (χ1n) is 7.80. The van der Waals surface area contributed by atoms with Crippen LogP contribution >= 0.6 is 0 Å². The molecule has 0 unspecified atom stereocenters. The molecule has 2 atom stereocenters. The van der Waals surface area contributed by atoms with Crippen LogP contribution in [0.15, 0.2) is 24.3 Å². The van der Waals surface area contributed by atoms with E-state index in [1.807, 2.05) is 13.0 Å². The maximum absolute atomic E-state index is 11.7. The lowest BCUT2D eigenvalue weighted by molar-refractivity contribution is -0.154. The van der Waals surface area contributed by atoms with E-state index in [1.165, 1.54) is 19.3 Å². The lowest BCUT2D eigenvalue weighted by Crippen LogP contribution is -2.46. The molecule has 3 nitrogen and oxygen atoms in total. The van der Waals surface area contributed by atoms with E-state index in [0.29, 0.717) is 12.8 Å². The fourth-order valence-corrected chi connectivity index (χ4v) is 3.15. The van der Waals surface area contributed by atoms with Gasteiger partial charge in [0.2, 0.25) is 0 Å². The summed E-state index contributed by atoms with van der Waals surface area (Å²) in [4.78, 5) is 11.7. The summed E-state index contributed by atoms with van der Waals surface area (Å²) in [5, 5.41) is 20.3. The molecule has 2 N–H and O–H groups in total. The van der Waals surface area contributed by atoms with E-state index in [2.05, 4.69) is 6.92 Å². The normalized spacial score (nSPS) is 30.6. The molecule has 0 heterocycles. The van der Waals surface area contributed by atoms with Gasteiger partial charge in [-0.15, -0.1) is 0 Å². The molecule has 0 radical (unpaired) electrons. The number of aliphatic hydroxyl groups is 1. The van der Waals surface area contributed by atoms with Crippen LogP contribution in [0.25, 0.3) is 0 Å². The molecule has 1 aliphatic rings. The quantitative estimate of drug-likeness (QED) is 0.520. The zero-order valence-electron chi connectivity index (χ0n) is 12.8. The Morgan fingerprint density at radius 3 is 2.55 bits per heavy atom. The highest BCUT2D eigenvalue weighted by Crippen LogP contribution is 2.49. The number of carbonyl (C=O) groups is 1. The number of unbranched alkanes of at least 4 members (excludes halogenated alkanes) is 4. The Morgan fingerprint density at radius 1 is 1.20 bits per heavy atom. The first-order valence-corrected chi connectivity index (χ1v) is 7.80. The van der Waals surface area contributed by atoms with Crippen molar-refractivity contribution in [1.29, 1.82) is 0 Å². The molecule has 20 heavy (non-hydrogen) atoms. The molecule has 1 aliphatic carbocycles. The molecular formula is C17H28O3. The lowest BCUT2D eigenvalue weighted by atomic mass is 9.73. The molecule has 1 saturated carbocycles. The second-order valence-corrected chi connectivity index (χ2v) is 5.81. The van der Waals surface area contributed by atoms with Crippen molar-refractivity contribution in [2.45, 2.75) is 70.8 Å². The minimum atomic E-state index is -1.24. The van der Waals surface area contributed by atoms with Crippen molar-refractivity contribution in [2.75, 3.05) is 0 Å². The van der Waals surface area contributed by atoms with Crippen LogP contribution in [0.2, 0.25) is 0 Å². The number of rotatable bonds is 8. The zero-order chi connectivity index (χ0) is 15.1. The number of hydrogen-bond donors (Lipinski definition) is 2. The maximum atomic E-state index is 11.7. The summed E-state index contributed by atoms with van der Waals surface area (Å²) >= 11 is 0. The van der Waals surface area contributed by atoms with Gasteiger partial charge < -0.3 is 10.2 Å². The van der Waals surface area contributed by atoms with Crippen LogP contribution in [0.5, 0.6) is 0 Å². The van der Waals surface area contributed by atoms with Gasteiger partial charge in [0.25, 0.3) is 0 Å². The molecule has 1 fully saturated rings. The average Bonchev–Trinajstić information content (AvgIpc) is 2.72. The van der Waals surface area contributed by atoms with E-state index in [0.717, 1.165) is 19.3 Å². The Bertz CT molecular complexity index is 372. The van der Waals surface area contributed by atoms with Gasteiger partial charge in [-0.1, -0.05) is 50.5 Å². The molecule has 0 aromatic rings. The summed E-state index contributed by atoms with van der Waals surface area (Å²) < 4.78 is 0. The summed E-state index contributed by atoms with van der Waals surface area (Å²) in [6.07, 6.45) is 14.4. The minimum absolute atomic E-state index is 0.509. The Morgan fingerprint density at radius 2 is 1.95 bits per heavy atom. The molecule has 1 rings (SSSR count). The van der Waals surface area contributed by atoms with Gasteiger partial charge in [0.15, 0.2) is 0 Å². The number of aliphatic carboxylic acids is 1. The Balaban J connectivity index is 2.77. The first-order chi connectivity index (χ1) is 9.52. The molecule has 0 amide bonds. The van der Waals surface area contributed by atoms with Gasteiger partial charge in [0, 0.05) is 0 Å². The van der Waals surface area contributed by atoms with E-state index in [-0.39, 0.29) is 0 Å². The van der Waals surface area contributed by atoms with Crippen LogP contribution in [0.4, 0.5) is 0 Å². The van der Waals surface area contributed by atoms with Crippen LogP contribution in [0, 0.1) is 5.41 Å². The largest absolute Gasteiger partial charge is 0.481 e. The highest BCUT2D eigenvalue weighted by molar-refractivity contribution is 5.80. The molecule has 3 heteroatoms. The number of carboxylic acid groups (broad SMARTS) is 1. The summed E-state index contributed by atoms with van der Waals surface area (Å²) in [6.45, 7) is 3.99. The third-order valence-electron chi connectivity index (χ3n) is 4.35. The summed E-state index contributed by atoms with van der Waals surface area (Å²) in [6, 6.07) is 0. The van der Waals surface area contributed by atoms with Gasteiger partial charge in [0.1, 0.15) is 11.0 Å². The van der Waals surface area contributed by atoms with E-state index >= 15 is 0 Å². The van der Waals surface area contributed by atoms with Crippen molar-refractivity contribution in [3.05, 3.63) is 24.3 Å². The minimum Gasteiger partial charge on any atom is -0.481 e. The van der Waals surface area contributed by atoms with Gasteiger partial charge in [-0.2, -0.15) is 0 Å². The van der Waals surface area contributed by atoms with Gasteiger partial charge in [-0.3, -0.25) is 4.79 Å². The van der Waals surface area contributed by atoms with Crippen LogP contribution < -0.4 is 0 Å². The highest BCUT2D eigenvalue weighted by atomic mass is 16.4. The first kappa shape index (κ1) is 17.0. The predicted octanol–water partition coefficient (Wildman–Crippen LogP) is 4.08. The van der Waals surface area contributed by atoms with Crippen molar-refractivity contribution < 1.29 is 15.0 Å². The number of allylic oxidation sites excluding steroid dienone is 2. The molecule has 0 bridgehead atoms. The smallest absolute Gasteiger partial charge is 0.316 e. The fourth-order valence-electron chi connectivity index (χ4n) is 3.15. The number of hydrogen-bond acceptors (Lipinski definition) is 2. The fraction of sp³-hybridized carbons (Fsp3) is 0.706. The highest BCUT2D eigenvalue weighted by Gasteiger charge is 2.56. The van der Waals surface area contributed by atoms with Crippen LogP contribution in [-0.2, 0) is 4.79 Å². The van der Waals surface area contributed by atoms with Crippen molar-refractivity contribution in [3.8, 4) is 0 Å². The molecule has 0 saturated heterocycles. The second kappa shape index (κ2) is 7.63.